The zero-order chi connectivity index (χ0) is 31.0. The quantitative estimate of drug-likeness (QED) is 0.113. The van der Waals surface area contributed by atoms with Crippen LogP contribution in [0, 0.1) is 13.8 Å². The number of para-hydroxylation sites is 2. The molecule has 7 N–H and O–H groups in total. The summed E-state index contributed by atoms with van der Waals surface area (Å²) in [5.41, 5.74) is 1.59. The van der Waals surface area contributed by atoms with E-state index >= 15 is 0 Å². The maximum atomic E-state index is 12.2. The molecular weight excluding hydrogens is 564 g/mol. The van der Waals surface area contributed by atoms with Crippen LogP contribution in [0.15, 0.2) is 55.6 Å². The van der Waals surface area contributed by atoms with E-state index in [-0.39, 0.29) is 29.2 Å². The van der Waals surface area contributed by atoms with Crippen molar-refractivity contribution in [1.82, 2.24) is 39.5 Å². The molecule has 2 aromatic heterocycles. The lowest BCUT2D eigenvalue weighted by Crippen LogP contribution is -2.42. The molecule has 16 nitrogen and oxygen atoms in total. The van der Waals surface area contributed by atoms with Gasteiger partial charge in [0.25, 0.3) is 11.1 Å². The maximum absolute atomic E-state index is 12.2. The van der Waals surface area contributed by atoms with Crippen molar-refractivity contribution in [2.45, 2.75) is 38.7 Å². The number of nitrogens with one attached hydrogen (secondary N) is 3. The van der Waals surface area contributed by atoms with E-state index in [1.54, 1.807) is 24.3 Å². The van der Waals surface area contributed by atoms with E-state index < -0.39 is 47.4 Å². The van der Waals surface area contributed by atoms with Crippen molar-refractivity contribution in [3.8, 4) is 11.5 Å². The average molecular weight is 591 g/mol. The van der Waals surface area contributed by atoms with Gasteiger partial charge in [0.2, 0.25) is 0 Å². The largest absolute Gasteiger partial charge is 0.394 e. The summed E-state index contributed by atoms with van der Waals surface area (Å²) in [6, 6.07) is 10.7. The minimum Gasteiger partial charge on any atom is -0.394 e. The van der Waals surface area contributed by atoms with E-state index in [9.17, 15) is 34.5 Å². The van der Waals surface area contributed by atoms with Crippen molar-refractivity contribution in [2.24, 2.45) is 0 Å². The highest BCUT2D eigenvalue weighted by Gasteiger charge is 2.27. The highest BCUT2D eigenvalue weighted by Crippen LogP contribution is 2.24. The summed E-state index contributed by atoms with van der Waals surface area (Å²) >= 11 is 0. The third kappa shape index (κ3) is 5.80. The number of nitrogens with zero attached hydrogens (tertiary/aromatic N) is 5. The van der Waals surface area contributed by atoms with Crippen LogP contribution in [-0.4, -0.2) is 84.8 Å². The molecule has 0 spiro atoms. The van der Waals surface area contributed by atoms with Gasteiger partial charge >= 0.3 is 11.4 Å². The summed E-state index contributed by atoms with van der Waals surface area (Å²) in [6.45, 7) is 2.73. The Morgan fingerprint density at radius 1 is 0.791 bits per heavy atom. The SMILES string of the molecule is Cc1cc2nc3c(=O)[nH]c(=O)nc-3n(CC(O)C(O)C(O)CO)c2cc1C.O=c1[nH]c(=O)c2nc3ccccc3nc2[nH]1. The van der Waals surface area contributed by atoms with Crippen molar-refractivity contribution in [1.29, 1.82) is 0 Å². The molecule has 2 aliphatic rings. The van der Waals surface area contributed by atoms with E-state index in [4.69, 9.17) is 5.11 Å². The van der Waals surface area contributed by atoms with Crippen molar-refractivity contribution in [3.63, 3.8) is 0 Å². The Labute approximate surface area is 239 Å². The Morgan fingerprint density at radius 2 is 1.47 bits per heavy atom. The first-order chi connectivity index (χ1) is 20.5. The fraction of sp³-hybridized carbons (Fsp3) is 0.259. The third-order valence-corrected chi connectivity index (χ3v) is 6.81. The Morgan fingerprint density at radius 3 is 2.16 bits per heavy atom. The molecule has 0 saturated heterocycles. The predicted molar refractivity (Wildman–Crippen MR) is 154 cm³/mol. The zero-order valence-corrected chi connectivity index (χ0v) is 22.8. The maximum Gasteiger partial charge on any atom is 0.349 e. The van der Waals surface area contributed by atoms with Gasteiger partial charge in [-0.15, -0.1) is 0 Å². The molecule has 2 aliphatic heterocycles. The molecule has 6 rings (SSSR count). The number of aromatic nitrogens is 8. The van der Waals surface area contributed by atoms with Gasteiger partial charge in [-0.05, 0) is 49.2 Å². The highest BCUT2D eigenvalue weighted by molar-refractivity contribution is 5.83. The van der Waals surface area contributed by atoms with Crippen molar-refractivity contribution in [2.75, 3.05) is 6.61 Å². The molecule has 0 aliphatic carbocycles. The number of aliphatic hydroxyl groups is 4. The minimum absolute atomic E-state index is 0.0516. The molecule has 0 radical (unpaired) electrons. The molecular formula is C27H26N8O8. The first-order valence-corrected chi connectivity index (χ1v) is 12.9. The summed E-state index contributed by atoms with van der Waals surface area (Å²) < 4.78 is 1.40. The Bertz CT molecular complexity index is 2190. The molecule has 0 bridgehead atoms. The van der Waals surface area contributed by atoms with Gasteiger partial charge < -0.3 is 25.0 Å². The third-order valence-electron chi connectivity index (χ3n) is 6.81. The number of aliphatic hydroxyl groups excluding tert-OH is 4. The topological polar surface area (TPSA) is 253 Å². The Hall–Kier alpha value is -5.16. The molecule has 16 heteroatoms. The molecule has 3 unspecified atom stereocenters. The van der Waals surface area contributed by atoms with Crippen LogP contribution in [0.25, 0.3) is 44.7 Å². The van der Waals surface area contributed by atoms with Crippen LogP contribution in [0.3, 0.4) is 0 Å². The molecule has 2 aromatic carbocycles. The van der Waals surface area contributed by atoms with E-state index in [0.29, 0.717) is 22.1 Å². The van der Waals surface area contributed by atoms with Crippen LogP contribution >= 0.6 is 0 Å². The van der Waals surface area contributed by atoms with Gasteiger partial charge in [-0.1, -0.05) is 12.1 Å². The lowest BCUT2D eigenvalue weighted by atomic mass is 10.1. The van der Waals surface area contributed by atoms with Crippen LogP contribution in [0.1, 0.15) is 11.1 Å². The number of hydrogen-bond acceptors (Lipinski definition) is 12. The van der Waals surface area contributed by atoms with Crippen LogP contribution in [0.5, 0.6) is 0 Å². The molecule has 0 fully saturated rings. The predicted octanol–water partition coefficient (Wildman–Crippen LogP) is -1.56. The summed E-state index contributed by atoms with van der Waals surface area (Å²) in [5.74, 6) is -0.0516. The monoisotopic (exact) mass is 590 g/mol. The second-order valence-corrected chi connectivity index (χ2v) is 9.82. The van der Waals surface area contributed by atoms with Crippen molar-refractivity contribution < 1.29 is 20.4 Å². The van der Waals surface area contributed by atoms with Crippen LogP contribution in [0.2, 0.25) is 0 Å². The van der Waals surface area contributed by atoms with Crippen molar-refractivity contribution >= 4 is 33.2 Å². The first kappa shape index (κ1) is 29.3. The first-order valence-electron chi connectivity index (χ1n) is 12.9. The second kappa shape index (κ2) is 11.6. The molecule has 222 valence electrons. The molecule has 0 saturated carbocycles. The van der Waals surface area contributed by atoms with E-state index in [0.717, 1.165) is 11.1 Å². The van der Waals surface area contributed by atoms with Gasteiger partial charge in [-0.3, -0.25) is 24.5 Å². The number of rotatable bonds is 5. The fourth-order valence-corrected chi connectivity index (χ4v) is 4.44. The van der Waals surface area contributed by atoms with Gasteiger partial charge in [0, 0.05) is 0 Å². The van der Waals surface area contributed by atoms with Crippen LogP contribution in [0.4, 0.5) is 0 Å². The fourth-order valence-electron chi connectivity index (χ4n) is 4.44. The Balaban J connectivity index is 0.000000194. The number of fused-ring (bicyclic) bond motifs is 4. The molecule has 4 aromatic rings. The van der Waals surface area contributed by atoms with E-state index in [1.807, 2.05) is 26.0 Å². The zero-order valence-electron chi connectivity index (χ0n) is 22.8. The number of hydrogen-bond donors (Lipinski definition) is 7. The average Bonchev–Trinajstić information content (AvgIpc) is 2.97. The Kier molecular flexibility index (Phi) is 7.92. The molecule has 0 amide bonds. The summed E-state index contributed by atoms with van der Waals surface area (Å²) in [4.78, 5) is 69.4. The number of aryl methyl sites for hydroxylation is 2. The minimum atomic E-state index is -1.64. The van der Waals surface area contributed by atoms with Crippen LogP contribution in [-0.2, 0) is 6.54 Å². The normalized spacial score (nSPS) is 13.6. The lowest BCUT2D eigenvalue weighted by molar-refractivity contribution is -0.0802. The van der Waals surface area contributed by atoms with Gasteiger partial charge in [0.1, 0.15) is 18.3 Å². The molecule has 4 heterocycles. The van der Waals surface area contributed by atoms with E-state index in [2.05, 4.69) is 34.9 Å². The van der Waals surface area contributed by atoms with Gasteiger partial charge in [0.15, 0.2) is 22.7 Å². The van der Waals surface area contributed by atoms with E-state index in [1.165, 1.54) is 4.57 Å². The van der Waals surface area contributed by atoms with Gasteiger partial charge in [0.05, 0.1) is 35.2 Å². The highest BCUT2D eigenvalue weighted by atomic mass is 16.4. The second-order valence-electron chi connectivity index (χ2n) is 9.82. The smallest absolute Gasteiger partial charge is 0.349 e. The summed E-state index contributed by atoms with van der Waals surface area (Å²) in [6.07, 6.45) is -4.68. The van der Waals surface area contributed by atoms with Gasteiger partial charge in [-0.2, -0.15) is 4.98 Å². The molecule has 43 heavy (non-hydrogen) atoms. The number of H-pyrrole nitrogens is 3. The lowest BCUT2D eigenvalue weighted by Gasteiger charge is -2.25. The standard InChI is InChI=1S/C17H20N4O6.C10H6N4O2/c1-7-3-9-10(4-8(7)2)21(5-11(23)14(25)12(24)6-22)15-13(18-9)16(26)20-17(27)19-15;15-9-7-8(13-10(16)14-9)12-6-4-2-1-3-5(6)11-7/h3-4,11-12,14,22-25H,5-6H2,1-2H3,(H,20,26,27);1-4H,(H2,12,13,14,15,16). The molecule has 3 atom stereocenters. The summed E-state index contributed by atoms with van der Waals surface area (Å²) in [7, 11) is 0. The summed E-state index contributed by atoms with van der Waals surface area (Å²) in [5, 5.41) is 38.8. The number of benzene rings is 2. The van der Waals surface area contributed by atoms with Gasteiger partial charge in [-0.25, -0.2) is 24.5 Å². The van der Waals surface area contributed by atoms with Crippen molar-refractivity contribution in [3.05, 3.63) is 89.2 Å². The number of aromatic amines is 3. The van der Waals surface area contributed by atoms with Crippen LogP contribution < -0.4 is 22.5 Å².